The van der Waals surface area contributed by atoms with Crippen LogP contribution >= 0.6 is 11.3 Å². The van der Waals surface area contributed by atoms with Gasteiger partial charge in [-0.3, -0.25) is 0 Å². The number of hydrogen-bond acceptors (Lipinski definition) is 5. The Balaban J connectivity index is 1.08. The molecule has 54 heavy (non-hydrogen) atoms. The van der Waals surface area contributed by atoms with Crippen molar-refractivity contribution in [3.8, 4) is 56.3 Å². The summed E-state index contributed by atoms with van der Waals surface area (Å²) in [5, 5.41) is 5.83. The lowest BCUT2D eigenvalue weighted by Crippen LogP contribution is -1.96. The van der Waals surface area contributed by atoms with Gasteiger partial charge in [-0.1, -0.05) is 140 Å². The standard InChI is InChI=1S/C49H29N3OS/c1-2-13-30(14-3-1)49-51-41(32-16-10-15-31(27-32)35-22-12-23-37-36-19-5-8-25-43(36)53-47(35)37)29-42(52-49)33-17-11-18-34(28-33)46-45-39-21-6-9-26-44(39)54-48(45)38-20-4-7-24-40(38)50-46/h1-29H. The molecular weight excluding hydrogens is 679 g/mol. The zero-order valence-electron chi connectivity index (χ0n) is 28.9. The number of furan rings is 1. The number of fused-ring (bicyclic) bond motifs is 8. The number of aromatic nitrogens is 3. The molecule has 4 nitrogen and oxygen atoms in total. The molecule has 0 amide bonds. The van der Waals surface area contributed by atoms with E-state index in [0.717, 1.165) is 77.9 Å². The van der Waals surface area contributed by atoms with Crippen LogP contribution in [-0.2, 0) is 0 Å². The fraction of sp³-hybridized carbons (Fsp3) is 0. The molecule has 0 aliphatic heterocycles. The lowest BCUT2D eigenvalue weighted by molar-refractivity contribution is 0.670. The van der Waals surface area contributed by atoms with Gasteiger partial charge < -0.3 is 4.42 Å². The first-order chi connectivity index (χ1) is 26.7. The van der Waals surface area contributed by atoms with Crippen LogP contribution in [0.2, 0.25) is 0 Å². The molecule has 0 unspecified atom stereocenters. The average Bonchev–Trinajstić information content (AvgIpc) is 3.83. The first kappa shape index (κ1) is 30.7. The van der Waals surface area contributed by atoms with E-state index in [-0.39, 0.29) is 0 Å². The minimum atomic E-state index is 0.674. The van der Waals surface area contributed by atoms with Crippen molar-refractivity contribution in [3.63, 3.8) is 0 Å². The van der Waals surface area contributed by atoms with Crippen molar-refractivity contribution in [2.24, 2.45) is 0 Å². The second-order valence-corrected chi connectivity index (χ2v) is 14.6. The highest BCUT2D eigenvalue weighted by Gasteiger charge is 2.18. The van der Waals surface area contributed by atoms with Gasteiger partial charge in [-0.25, -0.2) is 15.0 Å². The summed E-state index contributed by atoms with van der Waals surface area (Å²) in [7, 11) is 0. The molecule has 7 aromatic carbocycles. The number of pyridine rings is 1. The van der Waals surface area contributed by atoms with E-state index in [4.69, 9.17) is 19.4 Å². The van der Waals surface area contributed by atoms with Crippen molar-refractivity contribution in [3.05, 3.63) is 176 Å². The van der Waals surface area contributed by atoms with Crippen molar-refractivity contribution < 1.29 is 4.42 Å². The third-order valence-electron chi connectivity index (χ3n) is 10.3. The van der Waals surface area contributed by atoms with Crippen molar-refractivity contribution in [2.75, 3.05) is 0 Å². The normalized spacial score (nSPS) is 11.7. The predicted octanol–water partition coefficient (Wildman–Crippen LogP) is 13.6. The first-order valence-electron chi connectivity index (χ1n) is 18.0. The largest absolute Gasteiger partial charge is 0.455 e. The molecule has 4 heterocycles. The van der Waals surface area contributed by atoms with Crippen LogP contribution in [0.15, 0.2) is 180 Å². The first-order valence-corrected chi connectivity index (χ1v) is 18.8. The molecule has 5 heteroatoms. The van der Waals surface area contributed by atoms with Crippen LogP contribution in [0.25, 0.3) is 109 Å². The van der Waals surface area contributed by atoms with Crippen LogP contribution in [-0.4, -0.2) is 15.0 Å². The van der Waals surface area contributed by atoms with Crippen LogP contribution in [0.4, 0.5) is 0 Å². The maximum atomic E-state index is 6.42. The Hall–Kier alpha value is -6.95. The molecule has 4 aromatic heterocycles. The minimum Gasteiger partial charge on any atom is -0.455 e. The highest BCUT2D eigenvalue weighted by atomic mass is 32.1. The molecule has 11 rings (SSSR count). The maximum absolute atomic E-state index is 6.42. The molecular formula is C49H29N3OS. The summed E-state index contributed by atoms with van der Waals surface area (Å²) in [6.07, 6.45) is 0. The van der Waals surface area contributed by atoms with E-state index in [9.17, 15) is 0 Å². The summed E-state index contributed by atoms with van der Waals surface area (Å²) in [4.78, 5) is 15.7. The third kappa shape index (κ3) is 5.01. The van der Waals surface area contributed by atoms with E-state index in [0.29, 0.717) is 5.82 Å². The van der Waals surface area contributed by atoms with E-state index in [2.05, 4.69) is 146 Å². The molecule has 0 aliphatic carbocycles. The molecule has 0 N–H and O–H groups in total. The Labute approximate surface area is 314 Å². The summed E-state index contributed by atoms with van der Waals surface area (Å²) in [5.41, 5.74) is 11.6. The van der Waals surface area contributed by atoms with Crippen molar-refractivity contribution in [1.29, 1.82) is 0 Å². The molecule has 0 radical (unpaired) electrons. The number of para-hydroxylation sites is 3. The van der Waals surface area contributed by atoms with E-state index in [1.807, 2.05) is 41.7 Å². The van der Waals surface area contributed by atoms with Gasteiger partial charge in [0.25, 0.3) is 0 Å². The average molecular weight is 708 g/mol. The van der Waals surface area contributed by atoms with E-state index < -0.39 is 0 Å². The number of thiophene rings is 1. The molecule has 252 valence electrons. The quantitative estimate of drug-likeness (QED) is 0.179. The smallest absolute Gasteiger partial charge is 0.160 e. The molecule has 0 fully saturated rings. The van der Waals surface area contributed by atoms with Gasteiger partial charge in [0.2, 0.25) is 0 Å². The van der Waals surface area contributed by atoms with E-state index in [1.54, 1.807) is 0 Å². The number of rotatable bonds is 5. The van der Waals surface area contributed by atoms with E-state index in [1.165, 1.54) is 25.6 Å². The Morgan fingerprint density at radius 2 is 1.04 bits per heavy atom. The predicted molar refractivity (Wildman–Crippen MR) is 225 cm³/mol. The van der Waals surface area contributed by atoms with Gasteiger partial charge in [0.1, 0.15) is 11.2 Å². The van der Waals surface area contributed by atoms with Crippen molar-refractivity contribution in [1.82, 2.24) is 15.0 Å². The van der Waals surface area contributed by atoms with E-state index >= 15 is 0 Å². The van der Waals surface area contributed by atoms with Gasteiger partial charge in [0.05, 0.1) is 22.6 Å². The molecule has 0 atom stereocenters. The Morgan fingerprint density at radius 1 is 0.426 bits per heavy atom. The van der Waals surface area contributed by atoms with Gasteiger partial charge in [0.15, 0.2) is 5.82 Å². The van der Waals surface area contributed by atoms with Gasteiger partial charge in [0, 0.05) is 64.1 Å². The van der Waals surface area contributed by atoms with Gasteiger partial charge in [-0.15, -0.1) is 11.3 Å². The lowest BCUT2D eigenvalue weighted by Gasteiger charge is -2.12. The summed E-state index contributed by atoms with van der Waals surface area (Å²) < 4.78 is 8.94. The SMILES string of the molecule is c1ccc(-c2nc(-c3cccc(-c4cccc5c4oc4ccccc45)c3)cc(-c3cccc(-c4nc5ccccc5c5sc6ccccc6c45)c3)n2)cc1. The second kappa shape index (κ2) is 12.3. The summed E-state index contributed by atoms with van der Waals surface area (Å²) in [5.74, 6) is 0.674. The number of benzene rings is 7. The maximum Gasteiger partial charge on any atom is 0.160 e. The zero-order chi connectivity index (χ0) is 35.6. The van der Waals surface area contributed by atoms with Gasteiger partial charge >= 0.3 is 0 Å². The second-order valence-electron chi connectivity index (χ2n) is 13.6. The van der Waals surface area contributed by atoms with Gasteiger partial charge in [-0.05, 0) is 42.0 Å². The summed E-state index contributed by atoms with van der Waals surface area (Å²) in [6.45, 7) is 0. The van der Waals surface area contributed by atoms with Crippen LogP contribution in [0.5, 0.6) is 0 Å². The lowest BCUT2D eigenvalue weighted by atomic mass is 9.98. The Kier molecular flexibility index (Phi) is 7.00. The fourth-order valence-electron chi connectivity index (χ4n) is 7.72. The van der Waals surface area contributed by atoms with Crippen molar-refractivity contribution >= 4 is 64.4 Å². The third-order valence-corrected chi connectivity index (χ3v) is 11.5. The summed E-state index contributed by atoms with van der Waals surface area (Å²) in [6, 6.07) is 61.2. The monoisotopic (exact) mass is 707 g/mol. The molecule has 11 aromatic rings. The van der Waals surface area contributed by atoms with Crippen LogP contribution in [0, 0.1) is 0 Å². The Morgan fingerprint density at radius 3 is 1.87 bits per heavy atom. The highest BCUT2D eigenvalue weighted by molar-refractivity contribution is 7.26. The number of hydrogen-bond donors (Lipinski definition) is 0. The molecule has 0 saturated heterocycles. The summed E-state index contributed by atoms with van der Waals surface area (Å²) >= 11 is 1.83. The number of nitrogens with zero attached hydrogens (tertiary/aromatic N) is 3. The molecule has 0 spiro atoms. The topological polar surface area (TPSA) is 51.8 Å². The molecule has 0 bridgehead atoms. The van der Waals surface area contributed by atoms with Crippen LogP contribution in [0.1, 0.15) is 0 Å². The van der Waals surface area contributed by atoms with Crippen LogP contribution < -0.4 is 0 Å². The van der Waals surface area contributed by atoms with Crippen molar-refractivity contribution in [2.45, 2.75) is 0 Å². The molecule has 0 saturated carbocycles. The zero-order valence-corrected chi connectivity index (χ0v) is 29.7. The van der Waals surface area contributed by atoms with Crippen LogP contribution in [0.3, 0.4) is 0 Å². The van der Waals surface area contributed by atoms with Gasteiger partial charge in [-0.2, -0.15) is 0 Å². The fourth-order valence-corrected chi connectivity index (χ4v) is 8.96. The molecule has 0 aliphatic rings. The highest BCUT2D eigenvalue weighted by Crippen LogP contribution is 2.43. The minimum absolute atomic E-state index is 0.674. The Bertz CT molecular complexity index is 3230.